The van der Waals surface area contributed by atoms with Crippen LogP contribution < -0.4 is 11.5 Å². The number of ether oxygens (including phenoxy) is 1. The van der Waals surface area contributed by atoms with Gasteiger partial charge in [0.2, 0.25) is 5.91 Å². The van der Waals surface area contributed by atoms with Gasteiger partial charge in [-0.15, -0.1) is 12.4 Å². The van der Waals surface area contributed by atoms with Crippen LogP contribution in [-0.4, -0.2) is 77.5 Å². The molecule has 0 saturated carbocycles. The maximum Gasteiger partial charge on any atom is 0.239 e. The maximum absolute atomic E-state index is 13.0. The molecule has 11 nitrogen and oxygen atoms in total. The molecule has 0 aliphatic carbocycles. The van der Waals surface area contributed by atoms with Crippen LogP contribution in [0.1, 0.15) is 37.8 Å². The number of fused-ring (bicyclic) bond motifs is 1. The number of phenols is 1. The predicted molar refractivity (Wildman–Crippen MR) is 136 cm³/mol. The number of anilines is 1. The number of likely N-dealkylation sites (tertiary alicyclic amines) is 1. The lowest BCUT2D eigenvalue weighted by atomic mass is 9.75. The molecule has 2 aromatic heterocycles. The first-order valence-corrected chi connectivity index (χ1v) is 11.8. The molecule has 0 radical (unpaired) electrons. The molecule has 1 amide bonds. The van der Waals surface area contributed by atoms with Crippen LogP contribution in [0.2, 0.25) is 0 Å². The van der Waals surface area contributed by atoms with Crippen molar-refractivity contribution in [2.24, 2.45) is 5.73 Å². The van der Waals surface area contributed by atoms with E-state index in [-0.39, 0.29) is 36.7 Å². The lowest BCUT2D eigenvalue weighted by Gasteiger charge is -2.51. The summed E-state index contributed by atoms with van der Waals surface area (Å²) < 4.78 is 8.18. The number of phenolic OH excluding ortho intramolecular Hbond substituents is 1. The SMILES string of the molecule is C[C@@]1(O)CC2(CCN(C(=O)[C@@H](N)Cc3ccc(O)cc3)CC2)OC[C@H]1n1cnc2c(N)ncnc21.Cl. The van der Waals surface area contributed by atoms with Crippen molar-refractivity contribution in [3.63, 3.8) is 0 Å². The first-order chi connectivity index (χ1) is 16.7. The van der Waals surface area contributed by atoms with Crippen molar-refractivity contribution in [3.8, 4) is 5.75 Å². The van der Waals surface area contributed by atoms with Gasteiger partial charge in [-0.05, 0) is 43.9 Å². The molecule has 1 aromatic carbocycles. The summed E-state index contributed by atoms with van der Waals surface area (Å²) in [5.74, 6) is 0.372. The number of rotatable bonds is 4. The van der Waals surface area contributed by atoms with Crippen LogP contribution >= 0.6 is 12.4 Å². The van der Waals surface area contributed by atoms with Crippen molar-refractivity contribution >= 4 is 35.3 Å². The van der Waals surface area contributed by atoms with Gasteiger partial charge >= 0.3 is 0 Å². The number of halogens is 1. The number of piperidine rings is 1. The highest BCUT2D eigenvalue weighted by Crippen LogP contribution is 2.44. The number of carbonyl (C=O) groups is 1. The number of amides is 1. The molecule has 2 aliphatic heterocycles. The number of nitrogens with zero attached hydrogens (tertiary/aromatic N) is 5. The van der Waals surface area contributed by atoms with Crippen molar-refractivity contribution in [1.82, 2.24) is 24.4 Å². The summed E-state index contributed by atoms with van der Waals surface area (Å²) in [6, 6.07) is 5.68. The molecule has 5 rings (SSSR count). The molecule has 2 aliphatic rings. The Bertz CT molecular complexity index is 1220. The fourth-order valence-corrected chi connectivity index (χ4v) is 5.40. The summed E-state index contributed by atoms with van der Waals surface area (Å²) in [6.45, 7) is 3.13. The highest BCUT2D eigenvalue weighted by atomic mass is 35.5. The number of benzene rings is 1. The Morgan fingerprint density at radius 3 is 2.58 bits per heavy atom. The van der Waals surface area contributed by atoms with Crippen LogP contribution in [0.5, 0.6) is 5.75 Å². The lowest BCUT2D eigenvalue weighted by Crippen LogP contribution is -2.59. The van der Waals surface area contributed by atoms with Crippen molar-refractivity contribution in [1.29, 1.82) is 0 Å². The van der Waals surface area contributed by atoms with E-state index >= 15 is 0 Å². The number of imidazole rings is 1. The third kappa shape index (κ3) is 4.83. The minimum atomic E-state index is -1.08. The van der Waals surface area contributed by atoms with Gasteiger partial charge in [0, 0.05) is 19.5 Å². The number of aliphatic hydroxyl groups is 1. The standard InChI is InChI=1S/C24H31N7O4.ClH/c1-23(34)12-24(35-11-18(23)31-14-29-19-20(26)27-13-28-21(19)31)6-8-30(9-7-24)22(33)17(25)10-15-2-4-16(32)5-3-15;/h2-5,13-14,17-18,32,34H,6-12,25H2,1H3,(H2,26,27,28);1H/t17-,18+,23+;/m0./s1. The normalized spacial score (nSPS) is 24.4. The predicted octanol–water partition coefficient (Wildman–Crippen LogP) is 1.18. The van der Waals surface area contributed by atoms with E-state index in [0.29, 0.717) is 55.8 Å². The van der Waals surface area contributed by atoms with Crippen LogP contribution in [0.4, 0.5) is 5.82 Å². The van der Waals surface area contributed by atoms with Gasteiger partial charge in [0.15, 0.2) is 11.5 Å². The number of nitrogen functional groups attached to an aromatic ring is 1. The van der Waals surface area contributed by atoms with Crippen LogP contribution in [0.3, 0.4) is 0 Å². The molecule has 0 unspecified atom stereocenters. The van der Waals surface area contributed by atoms with Crippen LogP contribution in [-0.2, 0) is 16.0 Å². The Morgan fingerprint density at radius 1 is 1.22 bits per heavy atom. The molecule has 0 bridgehead atoms. The first kappa shape index (κ1) is 26.1. The first-order valence-electron chi connectivity index (χ1n) is 11.8. The summed E-state index contributed by atoms with van der Waals surface area (Å²) >= 11 is 0. The van der Waals surface area contributed by atoms with E-state index in [9.17, 15) is 15.0 Å². The van der Waals surface area contributed by atoms with E-state index in [1.807, 2.05) is 6.92 Å². The zero-order valence-corrected chi connectivity index (χ0v) is 20.9. The Balaban J connectivity index is 0.00000304. The number of hydrogen-bond acceptors (Lipinski definition) is 9. The van der Waals surface area contributed by atoms with Crippen molar-refractivity contribution in [3.05, 3.63) is 42.5 Å². The van der Waals surface area contributed by atoms with Crippen LogP contribution in [0, 0.1) is 0 Å². The number of aromatic nitrogens is 4. The molecule has 6 N–H and O–H groups in total. The van der Waals surface area contributed by atoms with Gasteiger partial charge in [-0.25, -0.2) is 15.0 Å². The van der Waals surface area contributed by atoms with E-state index in [2.05, 4.69) is 15.0 Å². The molecule has 194 valence electrons. The van der Waals surface area contributed by atoms with Gasteiger partial charge in [0.05, 0.1) is 36.2 Å². The Morgan fingerprint density at radius 2 is 1.92 bits per heavy atom. The number of carbonyl (C=O) groups excluding carboxylic acids is 1. The van der Waals surface area contributed by atoms with Gasteiger partial charge in [0.25, 0.3) is 0 Å². The molecule has 3 atom stereocenters. The molecule has 2 saturated heterocycles. The summed E-state index contributed by atoms with van der Waals surface area (Å²) in [4.78, 5) is 27.3. The molecule has 4 heterocycles. The third-order valence-electron chi connectivity index (χ3n) is 7.36. The highest BCUT2D eigenvalue weighted by molar-refractivity contribution is 5.85. The molecule has 1 spiro atoms. The second-order valence-electron chi connectivity index (χ2n) is 9.93. The van der Waals surface area contributed by atoms with Crippen LogP contribution in [0.15, 0.2) is 36.9 Å². The minimum Gasteiger partial charge on any atom is -0.508 e. The zero-order chi connectivity index (χ0) is 24.8. The Hall–Kier alpha value is -2.99. The topological polar surface area (TPSA) is 166 Å². The maximum atomic E-state index is 13.0. The van der Waals surface area contributed by atoms with Gasteiger partial charge in [-0.1, -0.05) is 12.1 Å². The minimum absolute atomic E-state index is 0. The molecular formula is C24H32ClN7O4. The monoisotopic (exact) mass is 517 g/mol. The van der Waals surface area contributed by atoms with E-state index in [1.165, 1.54) is 6.33 Å². The smallest absolute Gasteiger partial charge is 0.239 e. The largest absolute Gasteiger partial charge is 0.508 e. The molecular weight excluding hydrogens is 486 g/mol. The number of aromatic hydroxyl groups is 1. The second-order valence-corrected chi connectivity index (χ2v) is 9.93. The van der Waals surface area contributed by atoms with Gasteiger partial charge in [-0.3, -0.25) is 4.79 Å². The van der Waals surface area contributed by atoms with Crippen molar-refractivity contribution < 1.29 is 19.7 Å². The second kappa shape index (κ2) is 9.81. The van der Waals surface area contributed by atoms with E-state index in [4.69, 9.17) is 16.2 Å². The summed E-state index contributed by atoms with van der Waals surface area (Å²) in [5.41, 5.74) is 12.5. The number of hydrogen-bond donors (Lipinski definition) is 4. The summed E-state index contributed by atoms with van der Waals surface area (Å²) in [5, 5.41) is 20.9. The van der Waals surface area contributed by atoms with E-state index in [1.54, 1.807) is 40.1 Å². The summed E-state index contributed by atoms with van der Waals surface area (Å²) in [7, 11) is 0. The van der Waals surface area contributed by atoms with Crippen LogP contribution in [0.25, 0.3) is 11.2 Å². The van der Waals surface area contributed by atoms with Crippen molar-refractivity contribution in [2.45, 2.75) is 55.9 Å². The quantitative estimate of drug-likeness (QED) is 0.397. The Kier molecular flexibility index (Phi) is 7.11. The third-order valence-corrected chi connectivity index (χ3v) is 7.36. The molecule has 2 fully saturated rings. The molecule has 3 aromatic rings. The average Bonchev–Trinajstić information content (AvgIpc) is 3.25. The highest BCUT2D eigenvalue weighted by Gasteiger charge is 2.50. The van der Waals surface area contributed by atoms with E-state index < -0.39 is 17.2 Å². The van der Waals surface area contributed by atoms with Gasteiger partial charge in [-0.2, -0.15) is 0 Å². The zero-order valence-electron chi connectivity index (χ0n) is 20.1. The summed E-state index contributed by atoms with van der Waals surface area (Å²) in [6.07, 6.45) is 5.07. The lowest BCUT2D eigenvalue weighted by molar-refractivity contribution is -0.197. The molecule has 12 heteroatoms. The number of nitrogens with two attached hydrogens (primary N) is 2. The van der Waals surface area contributed by atoms with Crippen molar-refractivity contribution in [2.75, 3.05) is 25.4 Å². The Labute approximate surface area is 214 Å². The average molecular weight is 518 g/mol. The van der Waals surface area contributed by atoms with E-state index in [0.717, 1.165) is 5.56 Å². The van der Waals surface area contributed by atoms with Gasteiger partial charge < -0.3 is 35.9 Å². The fraction of sp³-hybridized carbons (Fsp3) is 0.500. The fourth-order valence-electron chi connectivity index (χ4n) is 5.40. The molecule has 36 heavy (non-hydrogen) atoms. The van der Waals surface area contributed by atoms with Gasteiger partial charge in [0.1, 0.15) is 17.6 Å².